The molecule has 0 saturated carbocycles. The molecule has 0 unspecified atom stereocenters. The lowest BCUT2D eigenvalue weighted by Gasteiger charge is -2.11. The van der Waals surface area contributed by atoms with Crippen molar-refractivity contribution in [3.05, 3.63) is 60.2 Å². The summed E-state index contributed by atoms with van der Waals surface area (Å²) in [5.74, 6) is -0.408. The predicted molar refractivity (Wildman–Crippen MR) is 77.5 cm³/mol. The topological polar surface area (TPSA) is 43.1 Å². The van der Waals surface area contributed by atoms with Crippen LogP contribution in [0.25, 0.3) is 32.3 Å². The van der Waals surface area contributed by atoms with Crippen molar-refractivity contribution in [3.8, 4) is 0 Å². The molecule has 1 radical (unpaired) electrons. The summed E-state index contributed by atoms with van der Waals surface area (Å²) in [5.41, 5.74) is 5.99. The zero-order valence-electron chi connectivity index (χ0n) is 10.1. The van der Waals surface area contributed by atoms with E-state index in [9.17, 15) is 4.79 Å². The highest BCUT2D eigenvalue weighted by Crippen LogP contribution is 2.35. The van der Waals surface area contributed by atoms with Gasteiger partial charge in [0.1, 0.15) is 0 Å². The van der Waals surface area contributed by atoms with Crippen molar-refractivity contribution in [2.75, 3.05) is 0 Å². The van der Waals surface area contributed by atoms with Gasteiger partial charge in [-0.2, -0.15) is 0 Å². The molecule has 0 bridgehead atoms. The highest BCUT2D eigenvalue weighted by atomic mass is 16.1. The van der Waals surface area contributed by atoms with E-state index in [1.807, 2.05) is 24.3 Å². The summed E-state index contributed by atoms with van der Waals surface area (Å²) < 4.78 is 0. The summed E-state index contributed by atoms with van der Waals surface area (Å²) in [7, 11) is 0. The van der Waals surface area contributed by atoms with Crippen molar-refractivity contribution in [2.24, 2.45) is 5.73 Å². The van der Waals surface area contributed by atoms with E-state index < -0.39 is 5.91 Å². The lowest BCUT2D eigenvalue weighted by atomic mass is 9.92. The number of rotatable bonds is 1. The molecule has 89 valence electrons. The second-order valence-corrected chi connectivity index (χ2v) is 4.75. The molecule has 2 N–H and O–H groups in total. The first-order valence-corrected chi connectivity index (χ1v) is 6.14. The lowest BCUT2D eigenvalue weighted by molar-refractivity contribution is 0.100. The molecular formula is C17H10NO. The molecule has 0 fully saturated rings. The van der Waals surface area contributed by atoms with Crippen LogP contribution < -0.4 is 5.73 Å². The molecule has 0 aliphatic carbocycles. The monoisotopic (exact) mass is 244 g/mol. The number of amides is 1. The number of hydrogen-bond donors (Lipinski definition) is 1. The minimum Gasteiger partial charge on any atom is -0.366 e. The van der Waals surface area contributed by atoms with E-state index in [-0.39, 0.29) is 0 Å². The van der Waals surface area contributed by atoms with Gasteiger partial charge in [-0.25, -0.2) is 0 Å². The molecule has 1 amide bonds. The van der Waals surface area contributed by atoms with Gasteiger partial charge in [0.2, 0.25) is 5.91 Å². The van der Waals surface area contributed by atoms with Gasteiger partial charge in [-0.05, 0) is 44.5 Å². The number of carbonyl (C=O) groups excluding carboxylic acids is 1. The Morgan fingerprint density at radius 3 is 2.42 bits per heavy atom. The Kier molecular flexibility index (Phi) is 1.88. The Morgan fingerprint density at radius 2 is 1.68 bits per heavy atom. The summed E-state index contributed by atoms with van der Waals surface area (Å²) in [6, 6.07) is 19.2. The highest BCUT2D eigenvalue weighted by Gasteiger charge is 2.12. The Bertz CT molecular complexity index is 924. The standard InChI is InChI=1S/C17H10NO/c18-17(19)14-9-7-12-5-4-10-2-1-3-11-6-8-13(14)16(12)15(10)11/h1-6,8-9H,(H2,18,19). The van der Waals surface area contributed by atoms with Crippen LogP contribution in [0.1, 0.15) is 10.4 Å². The van der Waals surface area contributed by atoms with Gasteiger partial charge in [-0.1, -0.05) is 42.5 Å². The Labute approximate surface area is 109 Å². The van der Waals surface area contributed by atoms with Crippen LogP contribution in [0.15, 0.2) is 48.5 Å². The molecule has 0 atom stereocenters. The third kappa shape index (κ3) is 1.28. The van der Waals surface area contributed by atoms with E-state index in [1.54, 1.807) is 6.07 Å². The van der Waals surface area contributed by atoms with Gasteiger partial charge >= 0.3 is 0 Å². The van der Waals surface area contributed by atoms with Crippen molar-refractivity contribution < 1.29 is 4.79 Å². The third-order valence-corrected chi connectivity index (χ3v) is 3.70. The molecule has 0 aliphatic rings. The first-order chi connectivity index (χ1) is 9.25. The number of carbonyl (C=O) groups is 1. The van der Waals surface area contributed by atoms with Crippen LogP contribution in [-0.4, -0.2) is 5.91 Å². The molecule has 2 heteroatoms. The minimum absolute atomic E-state index is 0.408. The zero-order chi connectivity index (χ0) is 13.0. The van der Waals surface area contributed by atoms with E-state index in [4.69, 9.17) is 5.73 Å². The van der Waals surface area contributed by atoms with E-state index >= 15 is 0 Å². The normalized spacial score (nSPS) is 11.6. The lowest BCUT2D eigenvalue weighted by Crippen LogP contribution is -2.11. The number of nitrogens with two attached hydrogens (primary N) is 1. The van der Waals surface area contributed by atoms with Gasteiger partial charge < -0.3 is 5.73 Å². The SMILES string of the molecule is NC(=O)c1c[c]c2ccc3cccc4ccc1c2c34. The maximum atomic E-state index is 11.5. The van der Waals surface area contributed by atoms with Crippen molar-refractivity contribution in [1.29, 1.82) is 0 Å². The van der Waals surface area contributed by atoms with Crippen LogP contribution in [0.3, 0.4) is 0 Å². The maximum absolute atomic E-state index is 11.5. The van der Waals surface area contributed by atoms with Crippen LogP contribution in [0.4, 0.5) is 0 Å². The number of benzene rings is 4. The molecule has 4 aromatic rings. The fourth-order valence-corrected chi connectivity index (χ4v) is 2.86. The average Bonchev–Trinajstić information content (AvgIpc) is 2.44. The molecule has 0 aliphatic heterocycles. The summed E-state index contributed by atoms with van der Waals surface area (Å²) >= 11 is 0. The van der Waals surface area contributed by atoms with Crippen LogP contribution in [-0.2, 0) is 0 Å². The molecular weight excluding hydrogens is 234 g/mol. The smallest absolute Gasteiger partial charge is 0.249 e. The quantitative estimate of drug-likeness (QED) is 0.512. The summed E-state index contributed by atoms with van der Waals surface area (Å²) in [6.45, 7) is 0. The number of primary amides is 1. The zero-order valence-corrected chi connectivity index (χ0v) is 10.1. The molecule has 0 aromatic heterocycles. The van der Waals surface area contributed by atoms with Gasteiger partial charge in [0.25, 0.3) is 0 Å². The minimum atomic E-state index is -0.408. The van der Waals surface area contributed by atoms with Crippen molar-refractivity contribution in [1.82, 2.24) is 0 Å². The maximum Gasteiger partial charge on any atom is 0.249 e. The first-order valence-electron chi connectivity index (χ1n) is 6.14. The average molecular weight is 244 g/mol. The van der Waals surface area contributed by atoms with E-state index in [0.29, 0.717) is 5.56 Å². The second-order valence-electron chi connectivity index (χ2n) is 4.75. The summed E-state index contributed by atoms with van der Waals surface area (Å²) in [4.78, 5) is 11.5. The van der Waals surface area contributed by atoms with Gasteiger partial charge in [-0.15, -0.1) is 0 Å². The molecule has 0 spiro atoms. The summed E-state index contributed by atoms with van der Waals surface area (Å²) in [6.07, 6.45) is 0. The van der Waals surface area contributed by atoms with E-state index in [1.165, 1.54) is 16.2 Å². The van der Waals surface area contributed by atoms with E-state index in [2.05, 4.69) is 24.3 Å². The van der Waals surface area contributed by atoms with Gasteiger partial charge in [0.05, 0.1) is 0 Å². The Hall–Kier alpha value is -2.61. The number of hydrogen-bond acceptors (Lipinski definition) is 1. The van der Waals surface area contributed by atoms with Crippen molar-refractivity contribution in [2.45, 2.75) is 0 Å². The summed E-state index contributed by atoms with van der Waals surface area (Å²) in [5, 5.41) is 6.52. The Morgan fingerprint density at radius 1 is 0.947 bits per heavy atom. The predicted octanol–water partition coefficient (Wildman–Crippen LogP) is 3.48. The van der Waals surface area contributed by atoms with Gasteiger partial charge in [0, 0.05) is 5.56 Å². The molecule has 2 nitrogen and oxygen atoms in total. The first kappa shape index (κ1) is 10.3. The Balaban J connectivity index is 2.38. The van der Waals surface area contributed by atoms with Crippen LogP contribution in [0, 0.1) is 6.07 Å². The molecule has 0 saturated heterocycles. The molecule has 0 heterocycles. The van der Waals surface area contributed by atoms with Crippen LogP contribution >= 0.6 is 0 Å². The highest BCUT2D eigenvalue weighted by molar-refractivity contribution is 6.26. The molecule has 4 aromatic carbocycles. The van der Waals surface area contributed by atoms with Crippen molar-refractivity contribution in [3.63, 3.8) is 0 Å². The third-order valence-electron chi connectivity index (χ3n) is 3.70. The van der Waals surface area contributed by atoms with Gasteiger partial charge in [0.15, 0.2) is 0 Å². The van der Waals surface area contributed by atoms with Crippen LogP contribution in [0.2, 0.25) is 0 Å². The van der Waals surface area contributed by atoms with Crippen molar-refractivity contribution >= 4 is 38.2 Å². The van der Waals surface area contributed by atoms with Crippen LogP contribution in [0.5, 0.6) is 0 Å². The molecule has 4 rings (SSSR count). The molecule has 19 heavy (non-hydrogen) atoms. The fraction of sp³-hybridized carbons (Fsp3) is 0. The second kappa shape index (κ2) is 3.45. The van der Waals surface area contributed by atoms with Gasteiger partial charge in [-0.3, -0.25) is 4.79 Å². The van der Waals surface area contributed by atoms with E-state index in [0.717, 1.165) is 16.2 Å². The largest absolute Gasteiger partial charge is 0.366 e. The fourth-order valence-electron chi connectivity index (χ4n) is 2.86.